The Balaban J connectivity index is 1.52. The van der Waals surface area contributed by atoms with Gasteiger partial charge < -0.3 is 23.7 Å². The Kier molecular flexibility index (Phi) is 10.8. The van der Waals surface area contributed by atoms with Gasteiger partial charge in [0, 0.05) is 5.02 Å². The first-order chi connectivity index (χ1) is 22.7. The molecule has 0 saturated heterocycles. The van der Waals surface area contributed by atoms with Crippen LogP contribution in [-0.2, 0) is 25.7 Å². The lowest BCUT2D eigenvalue weighted by Gasteiger charge is -2.25. The number of rotatable bonds is 12. The molecule has 12 heteroatoms. The minimum Gasteiger partial charge on any atom is -0.490 e. The van der Waals surface area contributed by atoms with Crippen molar-refractivity contribution in [3.05, 3.63) is 119 Å². The quantitative estimate of drug-likeness (QED) is 0.193. The van der Waals surface area contributed by atoms with Crippen LogP contribution in [0, 0.1) is 0 Å². The molecular formula is C35H33ClN2O8S. The summed E-state index contributed by atoms with van der Waals surface area (Å²) >= 11 is 7.29. The lowest BCUT2D eigenvalue weighted by atomic mass is 9.95. The van der Waals surface area contributed by atoms with Crippen LogP contribution < -0.4 is 29.1 Å². The van der Waals surface area contributed by atoms with Gasteiger partial charge in [-0.05, 0) is 79.9 Å². The normalized spacial score (nSPS) is 14.2. The second kappa shape index (κ2) is 15.1. The third-order valence-electron chi connectivity index (χ3n) is 7.15. The summed E-state index contributed by atoms with van der Waals surface area (Å²) in [5, 5.41) is 0.645. The summed E-state index contributed by atoms with van der Waals surface area (Å²) in [6.45, 7) is 5.76. The van der Waals surface area contributed by atoms with E-state index in [1.54, 1.807) is 38.1 Å². The molecule has 0 amide bonds. The van der Waals surface area contributed by atoms with E-state index in [1.165, 1.54) is 23.0 Å². The average Bonchev–Trinajstić information content (AvgIpc) is 3.36. The van der Waals surface area contributed by atoms with Crippen molar-refractivity contribution < 1.29 is 33.3 Å². The lowest BCUT2D eigenvalue weighted by molar-refractivity contribution is -0.143. The van der Waals surface area contributed by atoms with Crippen molar-refractivity contribution in [1.29, 1.82) is 0 Å². The molecule has 0 radical (unpaired) electrons. The molecular weight excluding hydrogens is 644 g/mol. The highest BCUT2D eigenvalue weighted by atomic mass is 35.5. The molecule has 0 fully saturated rings. The molecule has 1 aliphatic heterocycles. The fourth-order valence-corrected chi connectivity index (χ4v) is 6.25. The number of benzene rings is 3. The SMILES string of the molecule is CCOC(=O)C1=C(C)N=c2s/c(=C/c3ccc(OCc4cccc(Cl)c4)cc3)c(=O)n2[C@@H]1c1ccc(OCC(=O)OC)c(OCC)c1. The maximum absolute atomic E-state index is 14.0. The Morgan fingerprint density at radius 1 is 0.979 bits per heavy atom. The highest BCUT2D eigenvalue weighted by molar-refractivity contribution is 7.07. The van der Waals surface area contributed by atoms with E-state index >= 15 is 0 Å². The molecule has 1 aliphatic rings. The van der Waals surface area contributed by atoms with Crippen LogP contribution in [0.25, 0.3) is 6.08 Å². The van der Waals surface area contributed by atoms with Crippen molar-refractivity contribution in [2.75, 3.05) is 26.9 Å². The van der Waals surface area contributed by atoms with Gasteiger partial charge >= 0.3 is 11.9 Å². The molecule has 0 N–H and O–H groups in total. The molecule has 3 aromatic carbocycles. The van der Waals surface area contributed by atoms with Gasteiger partial charge in [0.25, 0.3) is 5.56 Å². The zero-order valence-corrected chi connectivity index (χ0v) is 27.9. The fraction of sp³-hybridized carbons (Fsp3) is 0.257. The van der Waals surface area contributed by atoms with E-state index < -0.39 is 18.0 Å². The number of fused-ring (bicyclic) bond motifs is 1. The van der Waals surface area contributed by atoms with Crippen molar-refractivity contribution in [2.45, 2.75) is 33.4 Å². The van der Waals surface area contributed by atoms with Gasteiger partial charge in [0.15, 0.2) is 22.9 Å². The molecule has 47 heavy (non-hydrogen) atoms. The second-order valence-corrected chi connectivity index (χ2v) is 11.7. The molecule has 0 saturated carbocycles. The third-order valence-corrected chi connectivity index (χ3v) is 8.36. The van der Waals surface area contributed by atoms with Crippen molar-refractivity contribution >= 4 is 41.0 Å². The van der Waals surface area contributed by atoms with Crippen LogP contribution in [0.1, 0.15) is 43.5 Å². The van der Waals surface area contributed by atoms with Crippen LogP contribution in [-0.4, -0.2) is 43.4 Å². The molecule has 0 aliphatic carbocycles. The van der Waals surface area contributed by atoms with E-state index in [0.29, 0.717) is 56.1 Å². The second-order valence-electron chi connectivity index (χ2n) is 10.3. The first-order valence-electron chi connectivity index (χ1n) is 14.9. The molecule has 0 unspecified atom stereocenters. The smallest absolute Gasteiger partial charge is 0.343 e. The summed E-state index contributed by atoms with van der Waals surface area (Å²) in [7, 11) is 1.27. The van der Waals surface area contributed by atoms with Crippen LogP contribution in [0.15, 0.2) is 87.8 Å². The van der Waals surface area contributed by atoms with E-state index in [0.717, 1.165) is 11.1 Å². The molecule has 2 heterocycles. The largest absolute Gasteiger partial charge is 0.490 e. The maximum Gasteiger partial charge on any atom is 0.343 e. The minimum absolute atomic E-state index is 0.149. The van der Waals surface area contributed by atoms with Crippen LogP contribution in [0.2, 0.25) is 5.02 Å². The van der Waals surface area contributed by atoms with Gasteiger partial charge in [-0.25, -0.2) is 14.6 Å². The lowest BCUT2D eigenvalue weighted by Crippen LogP contribution is -2.40. The van der Waals surface area contributed by atoms with Crippen LogP contribution in [0.3, 0.4) is 0 Å². The zero-order chi connectivity index (χ0) is 33.5. The summed E-state index contributed by atoms with van der Waals surface area (Å²) in [4.78, 5) is 44.1. The number of thiazole rings is 1. The highest BCUT2D eigenvalue weighted by Gasteiger charge is 2.34. The highest BCUT2D eigenvalue weighted by Crippen LogP contribution is 2.36. The summed E-state index contributed by atoms with van der Waals surface area (Å²) in [6, 6.07) is 19.0. The molecule has 0 bridgehead atoms. The predicted molar refractivity (Wildman–Crippen MR) is 178 cm³/mol. The Hall–Kier alpha value is -4.87. The monoisotopic (exact) mass is 676 g/mol. The number of esters is 2. The number of hydrogen-bond acceptors (Lipinski definition) is 10. The summed E-state index contributed by atoms with van der Waals surface area (Å²) in [5.74, 6) is 0.192. The minimum atomic E-state index is -0.858. The van der Waals surface area contributed by atoms with Crippen LogP contribution >= 0.6 is 22.9 Å². The number of nitrogens with zero attached hydrogens (tertiary/aromatic N) is 2. The van der Waals surface area contributed by atoms with Crippen molar-refractivity contribution in [1.82, 2.24) is 4.57 Å². The third kappa shape index (κ3) is 7.75. The fourth-order valence-electron chi connectivity index (χ4n) is 4.99. The molecule has 10 nitrogen and oxygen atoms in total. The van der Waals surface area contributed by atoms with Crippen molar-refractivity contribution in [3.8, 4) is 17.2 Å². The number of halogens is 1. The number of aromatic nitrogens is 1. The van der Waals surface area contributed by atoms with Gasteiger partial charge in [0.2, 0.25) is 0 Å². The Morgan fingerprint density at radius 2 is 1.77 bits per heavy atom. The number of allylic oxidation sites excluding steroid dienone is 1. The first kappa shape index (κ1) is 33.5. The van der Waals surface area contributed by atoms with Gasteiger partial charge in [-0.1, -0.05) is 53.3 Å². The van der Waals surface area contributed by atoms with E-state index in [2.05, 4.69) is 9.73 Å². The topological polar surface area (TPSA) is 115 Å². The number of ether oxygens (including phenoxy) is 5. The maximum atomic E-state index is 14.0. The number of carbonyl (C=O) groups is 2. The molecule has 4 aromatic rings. The van der Waals surface area contributed by atoms with Crippen molar-refractivity contribution in [3.63, 3.8) is 0 Å². The van der Waals surface area contributed by atoms with E-state index in [-0.39, 0.29) is 24.3 Å². The number of methoxy groups -OCH3 is 1. The molecule has 1 atom stereocenters. The van der Waals surface area contributed by atoms with E-state index in [1.807, 2.05) is 55.5 Å². The van der Waals surface area contributed by atoms with Gasteiger partial charge in [-0.2, -0.15) is 0 Å². The molecule has 1 aromatic heterocycles. The average molecular weight is 677 g/mol. The van der Waals surface area contributed by atoms with Gasteiger partial charge in [-0.3, -0.25) is 9.36 Å². The summed E-state index contributed by atoms with van der Waals surface area (Å²) < 4.78 is 29.4. The summed E-state index contributed by atoms with van der Waals surface area (Å²) in [6.07, 6.45) is 1.78. The Bertz CT molecular complexity index is 2000. The molecule has 244 valence electrons. The Labute approximate surface area is 280 Å². The number of carbonyl (C=O) groups excluding carboxylic acids is 2. The van der Waals surface area contributed by atoms with Crippen LogP contribution in [0.5, 0.6) is 17.2 Å². The Morgan fingerprint density at radius 3 is 2.47 bits per heavy atom. The standard InChI is InChI=1S/C35H33ClN2O8S/c1-5-43-28-18-24(12-15-27(28)46-20-30(39)42-4)32-31(34(41)44-6-2)21(3)37-35-38(32)33(40)29(47-35)17-22-10-13-26(14-11-22)45-19-23-8-7-9-25(36)16-23/h7-18,32H,5-6,19-20H2,1-4H3/b29-17+/t32-/m1/s1. The van der Waals surface area contributed by atoms with Crippen molar-refractivity contribution in [2.24, 2.45) is 4.99 Å². The van der Waals surface area contributed by atoms with Crippen LogP contribution in [0.4, 0.5) is 0 Å². The number of hydrogen-bond donors (Lipinski definition) is 0. The predicted octanol–water partition coefficient (Wildman–Crippen LogP) is 4.98. The molecule has 0 spiro atoms. The van der Waals surface area contributed by atoms with E-state index in [4.69, 9.17) is 30.5 Å². The van der Waals surface area contributed by atoms with Gasteiger partial charge in [0.05, 0.1) is 42.2 Å². The van der Waals surface area contributed by atoms with Gasteiger partial charge in [-0.15, -0.1) is 0 Å². The zero-order valence-electron chi connectivity index (χ0n) is 26.3. The summed E-state index contributed by atoms with van der Waals surface area (Å²) in [5.41, 5.74) is 2.66. The van der Waals surface area contributed by atoms with Gasteiger partial charge in [0.1, 0.15) is 12.4 Å². The van der Waals surface area contributed by atoms with E-state index in [9.17, 15) is 14.4 Å². The molecule has 5 rings (SSSR count). The first-order valence-corrected chi connectivity index (χ1v) is 16.0.